The molecule has 2 aliphatic rings. The molecule has 0 atom stereocenters. The van der Waals surface area contributed by atoms with E-state index >= 15 is 0 Å². The van der Waals surface area contributed by atoms with Crippen LogP contribution in [0.15, 0.2) is 70.4 Å². The lowest BCUT2D eigenvalue weighted by Gasteiger charge is -2.20. The molecule has 0 saturated heterocycles. The van der Waals surface area contributed by atoms with Crippen molar-refractivity contribution in [3.05, 3.63) is 71.4 Å². The number of aryl methyl sites for hydroxylation is 1. The Kier molecular flexibility index (Phi) is 5.72. The number of amides is 1. The summed E-state index contributed by atoms with van der Waals surface area (Å²) in [6.45, 7) is 2.89. The first-order valence-corrected chi connectivity index (χ1v) is 11.4. The Morgan fingerprint density at radius 3 is 2.66 bits per heavy atom. The normalized spacial score (nSPS) is 17.1. The number of nitrogens with zero attached hydrogens (tertiary/aromatic N) is 4. The van der Waals surface area contributed by atoms with E-state index < -0.39 is 23.0 Å². The Labute approximate surface area is 202 Å². The van der Waals surface area contributed by atoms with Crippen LogP contribution < -0.4 is 4.74 Å². The SMILES string of the molecule is Cc1ccccc1OCCn1cc(C=C2C(=N)N3N=C(C(F)(F)F)SC3=NC2=O)c2ccccc21. The lowest BCUT2D eigenvalue weighted by atomic mass is 10.1. The van der Waals surface area contributed by atoms with E-state index in [-0.39, 0.29) is 22.5 Å². The van der Waals surface area contributed by atoms with Crippen molar-refractivity contribution in [1.29, 1.82) is 5.41 Å². The Morgan fingerprint density at radius 2 is 1.89 bits per heavy atom. The van der Waals surface area contributed by atoms with Crippen LogP contribution >= 0.6 is 11.8 Å². The van der Waals surface area contributed by atoms with Gasteiger partial charge >= 0.3 is 6.18 Å². The van der Waals surface area contributed by atoms with E-state index in [0.717, 1.165) is 27.2 Å². The summed E-state index contributed by atoms with van der Waals surface area (Å²) in [5.74, 6) is -0.443. The Hall–Kier alpha value is -3.86. The molecule has 7 nitrogen and oxygen atoms in total. The van der Waals surface area contributed by atoms with Gasteiger partial charge in [0.1, 0.15) is 12.4 Å². The minimum Gasteiger partial charge on any atom is -0.491 e. The maximum atomic E-state index is 13.1. The van der Waals surface area contributed by atoms with Gasteiger partial charge in [-0.2, -0.15) is 28.3 Å². The number of hydrogen-bond acceptors (Lipinski definition) is 5. The van der Waals surface area contributed by atoms with Crippen LogP contribution in [0.4, 0.5) is 13.2 Å². The summed E-state index contributed by atoms with van der Waals surface area (Å²) in [7, 11) is 0. The second kappa shape index (κ2) is 8.73. The Balaban J connectivity index is 1.44. The zero-order valence-electron chi connectivity index (χ0n) is 18.3. The molecule has 0 saturated carbocycles. The lowest BCUT2D eigenvalue weighted by Crippen LogP contribution is -2.35. The van der Waals surface area contributed by atoms with Crippen molar-refractivity contribution >= 4 is 50.7 Å². The van der Waals surface area contributed by atoms with Crippen molar-refractivity contribution < 1.29 is 22.7 Å². The number of carbonyl (C=O) groups is 1. The minimum absolute atomic E-state index is 0.138. The number of alkyl halides is 3. The molecule has 11 heteroatoms. The molecule has 2 aliphatic heterocycles. The Morgan fingerprint density at radius 1 is 1.14 bits per heavy atom. The molecule has 0 fully saturated rings. The van der Waals surface area contributed by atoms with Crippen LogP contribution in [-0.4, -0.2) is 44.3 Å². The number of carbonyl (C=O) groups excluding carboxylic acids is 1. The first-order chi connectivity index (χ1) is 16.7. The summed E-state index contributed by atoms with van der Waals surface area (Å²) < 4.78 is 47.1. The van der Waals surface area contributed by atoms with Crippen LogP contribution in [0.25, 0.3) is 17.0 Å². The van der Waals surface area contributed by atoms with Crippen molar-refractivity contribution in [2.24, 2.45) is 10.1 Å². The molecule has 0 aliphatic carbocycles. The molecule has 35 heavy (non-hydrogen) atoms. The molecule has 1 N–H and O–H groups in total. The van der Waals surface area contributed by atoms with E-state index in [4.69, 9.17) is 10.1 Å². The van der Waals surface area contributed by atoms with E-state index in [1.165, 1.54) is 6.08 Å². The van der Waals surface area contributed by atoms with Crippen molar-refractivity contribution in [3.63, 3.8) is 0 Å². The number of para-hydroxylation sites is 2. The Bertz CT molecular complexity index is 1450. The number of rotatable bonds is 5. The third-order valence-corrected chi connectivity index (χ3v) is 6.45. The first kappa shape index (κ1) is 22.9. The van der Waals surface area contributed by atoms with Crippen LogP contribution in [0.3, 0.4) is 0 Å². The number of fused-ring (bicyclic) bond motifs is 2. The van der Waals surface area contributed by atoms with Crippen molar-refractivity contribution in [3.8, 4) is 5.75 Å². The maximum Gasteiger partial charge on any atom is 0.441 e. The molecule has 2 aromatic carbocycles. The lowest BCUT2D eigenvalue weighted by molar-refractivity contribution is -0.114. The molecule has 1 aromatic heterocycles. The summed E-state index contributed by atoms with van der Waals surface area (Å²) in [5.41, 5.74) is 2.41. The number of amidine groups is 2. The zero-order valence-corrected chi connectivity index (χ0v) is 19.2. The van der Waals surface area contributed by atoms with Crippen molar-refractivity contribution in [2.75, 3.05) is 6.61 Å². The number of thioether (sulfide) groups is 1. The highest BCUT2D eigenvalue weighted by Crippen LogP contribution is 2.35. The second-order valence-electron chi connectivity index (χ2n) is 7.83. The number of nitrogens with one attached hydrogen (secondary N) is 1. The van der Waals surface area contributed by atoms with E-state index in [9.17, 15) is 18.0 Å². The fourth-order valence-corrected chi connectivity index (χ4v) is 4.57. The van der Waals surface area contributed by atoms with Crippen LogP contribution in [0.2, 0.25) is 0 Å². The monoisotopic (exact) mass is 497 g/mol. The average Bonchev–Trinajstić information content (AvgIpc) is 3.40. The summed E-state index contributed by atoms with van der Waals surface area (Å²) in [6.07, 6.45) is -1.40. The van der Waals surface area contributed by atoms with E-state index in [0.29, 0.717) is 18.7 Å². The summed E-state index contributed by atoms with van der Waals surface area (Å²) in [6, 6.07) is 15.2. The van der Waals surface area contributed by atoms with Gasteiger partial charge in [0.2, 0.25) is 10.2 Å². The highest BCUT2D eigenvalue weighted by molar-refractivity contribution is 8.27. The predicted octanol–water partition coefficient (Wildman–Crippen LogP) is 5.21. The fraction of sp³-hybridized carbons (Fsp3) is 0.167. The number of hydrazone groups is 1. The third kappa shape index (κ3) is 4.34. The van der Waals surface area contributed by atoms with Crippen molar-refractivity contribution in [1.82, 2.24) is 9.58 Å². The number of hydrogen-bond donors (Lipinski definition) is 1. The molecule has 0 unspecified atom stereocenters. The average molecular weight is 498 g/mol. The minimum atomic E-state index is -4.69. The maximum absolute atomic E-state index is 13.1. The molecular formula is C24H18F3N5O2S. The number of halogens is 3. The highest BCUT2D eigenvalue weighted by Gasteiger charge is 2.46. The van der Waals surface area contributed by atoms with Gasteiger partial charge in [-0.15, -0.1) is 0 Å². The van der Waals surface area contributed by atoms with Gasteiger partial charge < -0.3 is 9.30 Å². The standard InChI is InChI=1S/C24H18F3N5O2S/c1-14-6-2-5-9-19(14)34-11-10-31-13-15(16-7-3-4-8-18(16)31)12-17-20(28)32-23(29-21(17)33)35-22(30-32)24(25,26)27/h2-9,12-13,28H,10-11H2,1H3. The molecule has 178 valence electrons. The molecule has 3 heterocycles. The molecule has 0 radical (unpaired) electrons. The predicted molar refractivity (Wildman–Crippen MR) is 130 cm³/mol. The van der Waals surface area contributed by atoms with Gasteiger partial charge in [0.25, 0.3) is 5.91 Å². The molecule has 0 spiro atoms. The van der Waals surface area contributed by atoms with Crippen LogP contribution in [0.1, 0.15) is 11.1 Å². The number of ether oxygens (including phenoxy) is 1. The van der Waals surface area contributed by atoms with E-state index in [1.807, 2.05) is 66.2 Å². The van der Waals surface area contributed by atoms with E-state index in [2.05, 4.69) is 10.1 Å². The van der Waals surface area contributed by atoms with Gasteiger partial charge in [0.15, 0.2) is 5.84 Å². The molecule has 1 amide bonds. The summed E-state index contributed by atoms with van der Waals surface area (Å²) in [4.78, 5) is 16.3. The zero-order chi connectivity index (χ0) is 24.7. The first-order valence-electron chi connectivity index (χ1n) is 10.6. The quantitative estimate of drug-likeness (QED) is 0.491. The summed E-state index contributed by atoms with van der Waals surface area (Å²) in [5, 5.41) is 11.9. The van der Waals surface area contributed by atoms with Crippen molar-refractivity contribution in [2.45, 2.75) is 19.6 Å². The summed E-state index contributed by atoms with van der Waals surface area (Å²) >= 11 is 0.226. The molecular weight excluding hydrogens is 479 g/mol. The van der Waals surface area contributed by atoms with Gasteiger partial charge in [-0.25, -0.2) is 0 Å². The van der Waals surface area contributed by atoms with Gasteiger partial charge in [0.05, 0.1) is 12.1 Å². The molecule has 3 aromatic rings. The van der Waals surface area contributed by atoms with Crippen LogP contribution in [0, 0.1) is 12.3 Å². The van der Waals surface area contributed by atoms with Gasteiger partial charge in [-0.3, -0.25) is 10.2 Å². The van der Waals surface area contributed by atoms with Gasteiger partial charge in [0, 0.05) is 22.7 Å². The number of benzene rings is 2. The smallest absolute Gasteiger partial charge is 0.441 e. The number of aliphatic imine (C=N–C) groups is 1. The second-order valence-corrected chi connectivity index (χ2v) is 8.79. The third-order valence-electron chi connectivity index (χ3n) is 5.50. The van der Waals surface area contributed by atoms with Gasteiger partial charge in [-0.05, 0) is 42.5 Å². The fourth-order valence-electron chi connectivity index (χ4n) is 3.81. The topological polar surface area (TPSA) is 83.0 Å². The number of aromatic nitrogens is 1. The van der Waals surface area contributed by atoms with E-state index in [1.54, 1.807) is 0 Å². The highest BCUT2D eigenvalue weighted by atomic mass is 32.2. The van der Waals surface area contributed by atoms with Gasteiger partial charge in [-0.1, -0.05) is 36.4 Å². The molecule has 0 bridgehead atoms. The largest absolute Gasteiger partial charge is 0.491 e. The van der Waals surface area contributed by atoms with Crippen LogP contribution in [-0.2, 0) is 11.3 Å². The molecule has 5 rings (SSSR count). The van der Waals surface area contributed by atoms with Crippen LogP contribution in [0.5, 0.6) is 5.75 Å².